The summed E-state index contributed by atoms with van der Waals surface area (Å²) in [6.45, 7) is 1.81. The van der Waals surface area contributed by atoms with Gasteiger partial charge in [0.1, 0.15) is 0 Å². The highest BCUT2D eigenvalue weighted by atomic mass is 19.4. The van der Waals surface area contributed by atoms with Crippen molar-refractivity contribution in [1.82, 2.24) is 15.0 Å². The molecule has 1 aromatic heterocycles. The Morgan fingerprint density at radius 3 is 2.07 bits per heavy atom. The summed E-state index contributed by atoms with van der Waals surface area (Å²) in [5.74, 6) is -1.30. The normalized spacial score (nSPS) is 11.9. The molecule has 0 amide bonds. The van der Waals surface area contributed by atoms with E-state index in [4.69, 9.17) is 4.74 Å². The third kappa shape index (κ3) is 6.09. The molecule has 14 heteroatoms. The summed E-state index contributed by atoms with van der Waals surface area (Å²) >= 11 is 0. The molecule has 0 bridgehead atoms. The van der Waals surface area contributed by atoms with E-state index in [-0.39, 0.29) is 23.8 Å². The summed E-state index contributed by atoms with van der Waals surface area (Å²) in [6.07, 6.45) is -15.6. The third-order valence-corrected chi connectivity index (χ3v) is 3.31. The molecule has 0 aliphatic rings. The summed E-state index contributed by atoms with van der Waals surface area (Å²) in [4.78, 5) is 22.2. The van der Waals surface area contributed by atoms with E-state index in [2.05, 4.69) is 30.3 Å². The van der Waals surface area contributed by atoms with E-state index in [1.807, 2.05) is 0 Å². The molecule has 0 saturated carbocycles. The maximum absolute atomic E-state index is 12.7. The van der Waals surface area contributed by atoms with Gasteiger partial charge in [0.05, 0.1) is 12.2 Å². The molecule has 0 unspecified atom stereocenters. The lowest BCUT2D eigenvalue weighted by Crippen LogP contribution is -2.46. The minimum Gasteiger partial charge on any atom is -0.462 e. The highest BCUT2D eigenvalue weighted by molar-refractivity contribution is 5.89. The number of nitrogens with one attached hydrogen (secondary N) is 2. The van der Waals surface area contributed by atoms with Gasteiger partial charge in [0.25, 0.3) is 6.10 Å². The number of nitrogens with zero attached hydrogens (tertiary/aromatic N) is 3. The van der Waals surface area contributed by atoms with E-state index >= 15 is 0 Å². The molecular weight excluding hydrogens is 424 g/mol. The molecule has 0 aliphatic carbocycles. The van der Waals surface area contributed by atoms with Gasteiger partial charge in [-0.05, 0) is 31.2 Å². The number of halogens is 6. The molecule has 0 radical (unpaired) electrons. The van der Waals surface area contributed by atoms with Crippen LogP contribution in [0.15, 0.2) is 24.3 Å². The second kappa shape index (κ2) is 9.00. The monoisotopic (exact) mass is 439 g/mol. The summed E-state index contributed by atoms with van der Waals surface area (Å²) in [5, 5.41) is 4.95. The number of carbonyl (C=O) groups excluding carboxylic acids is 1. The van der Waals surface area contributed by atoms with E-state index in [1.165, 1.54) is 31.3 Å². The molecule has 30 heavy (non-hydrogen) atoms. The lowest BCUT2D eigenvalue weighted by atomic mass is 10.2. The van der Waals surface area contributed by atoms with Crippen molar-refractivity contribution in [2.45, 2.75) is 25.4 Å². The number of hydrogen-bond donors (Lipinski definition) is 2. The van der Waals surface area contributed by atoms with Crippen LogP contribution in [0.5, 0.6) is 6.01 Å². The van der Waals surface area contributed by atoms with E-state index < -0.39 is 36.4 Å². The number of alkyl halides is 6. The highest BCUT2D eigenvalue weighted by Gasteiger charge is 2.59. The number of rotatable bonds is 7. The molecule has 8 nitrogen and oxygen atoms in total. The Balaban J connectivity index is 2.27. The molecule has 0 atom stereocenters. The third-order valence-electron chi connectivity index (χ3n) is 3.31. The molecule has 1 aromatic carbocycles. The fraction of sp³-hybridized carbons (Fsp3) is 0.375. The highest BCUT2D eigenvalue weighted by Crippen LogP contribution is 2.36. The number of carbonyl (C=O) groups is 1. The van der Waals surface area contributed by atoms with Crippen LogP contribution in [-0.4, -0.2) is 53.0 Å². The van der Waals surface area contributed by atoms with Crippen molar-refractivity contribution in [3.8, 4) is 6.01 Å². The smallest absolute Gasteiger partial charge is 0.434 e. The molecule has 1 heterocycles. The molecule has 0 aliphatic heterocycles. The van der Waals surface area contributed by atoms with Gasteiger partial charge in [0, 0.05) is 12.7 Å². The SMILES string of the molecule is CCOC(=O)c1ccc(Nc2nc(NC)nc(OC(C(F)(F)F)C(F)(F)F)n2)cc1. The Bertz CT molecular complexity index is 859. The van der Waals surface area contributed by atoms with Crippen LogP contribution >= 0.6 is 0 Å². The molecule has 2 aromatic rings. The van der Waals surface area contributed by atoms with Gasteiger partial charge in [-0.25, -0.2) is 4.79 Å². The summed E-state index contributed by atoms with van der Waals surface area (Å²) in [5.41, 5.74) is 0.515. The van der Waals surface area contributed by atoms with Gasteiger partial charge in [-0.1, -0.05) is 0 Å². The van der Waals surface area contributed by atoms with Crippen molar-refractivity contribution in [3.63, 3.8) is 0 Å². The summed E-state index contributed by atoms with van der Waals surface area (Å²) in [6, 6.07) is 4.40. The van der Waals surface area contributed by atoms with Crippen LogP contribution in [0.25, 0.3) is 0 Å². The Kier molecular flexibility index (Phi) is 6.89. The first kappa shape index (κ1) is 23.0. The molecule has 164 valence electrons. The van der Waals surface area contributed by atoms with E-state index in [0.717, 1.165) is 0 Å². The van der Waals surface area contributed by atoms with Crippen LogP contribution in [0.2, 0.25) is 0 Å². The summed E-state index contributed by atoms with van der Waals surface area (Å²) in [7, 11) is 1.29. The van der Waals surface area contributed by atoms with Gasteiger partial charge in [-0.3, -0.25) is 0 Å². The predicted molar refractivity (Wildman–Crippen MR) is 91.6 cm³/mol. The van der Waals surface area contributed by atoms with Crippen LogP contribution in [0.3, 0.4) is 0 Å². The first-order chi connectivity index (χ1) is 13.9. The molecule has 0 spiro atoms. The number of hydrogen-bond acceptors (Lipinski definition) is 8. The fourth-order valence-corrected chi connectivity index (χ4v) is 2.03. The van der Waals surface area contributed by atoms with E-state index in [0.29, 0.717) is 0 Å². The zero-order valence-corrected chi connectivity index (χ0v) is 15.4. The second-order valence-electron chi connectivity index (χ2n) is 5.52. The fourth-order valence-electron chi connectivity index (χ4n) is 2.03. The Morgan fingerprint density at radius 2 is 1.57 bits per heavy atom. The van der Waals surface area contributed by atoms with Crippen LogP contribution in [0.4, 0.5) is 43.9 Å². The van der Waals surface area contributed by atoms with E-state index in [1.54, 1.807) is 6.92 Å². The zero-order valence-electron chi connectivity index (χ0n) is 15.4. The van der Waals surface area contributed by atoms with E-state index in [9.17, 15) is 31.1 Å². The number of ether oxygens (including phenoxy) is 2. The molecule has 2 N–H and O–H groups in total. The molecular formula is C16H15F6N5O3. The number of anilines is 3. The van der Waals surface area contributed by atoms with Crippen LogP contribution in [0, 0.1) is 0 Å². The van der Waals surface area contributed by atoms with Crippen molar-refractivity contribution in [2.75, 3.05) is 24.3 Å². The lowest BCUT2D eigenvalue weighted by molar-refractivity contribution is -0.301. The van der Waals surface area contributed by atoms with Crippen LogP contribution in [0.1, 0.15) is 17.3 Å². The van der Waals surface area contributed by atoms with Gasteiger partial charge in [-0.2, -0.15) is 41.3 Å². The van der Waals surface area contributed by atoms with Crippen LogP contribution in [-0.2, 0) is 4.74 Å². The average molecular weight is 439 g/mol. The van der Waals surface area contributed by atoms with Gasteiger partial charge in [0.15, 0.2) is 0 Å². The minimum atomic E-state index is -5.73. The Labute approximate surface area is 165 Å². The standard InChI is InChI=1S/C16H15F6N5O3/c1-3-29-10(28)8-4-6-9(7-5-8)24-13-25-12(23-2)26-14(27-13)30-11(15(17,18)19)16(20,21)22/h4-7,11H,3H2,1-2H3,(H2,23,24,25,26,27). The zero-order chi connectivity index (χ0) is 22.5. The Hall–Kier alpha value is -3.32. The predicted octanol–water partition coefficient (Wildman–Crippen LogP) is 3.71. The number of esters is 1. The Morgan fingerprint density at radius 1 is 1.00 bits per heavy atom. The molecule has 0 saturated heterocycles. The lowest BCUT2D eigenvalue weighted by Gasteiger charge is -2.22. The maximum atomic E-state index is 12.7. The van der Waals surface area contributed by atoms with Gasteiger partial charge in [-0.15, -0.1) is 0 Å². The van der Waals surface area contributed by atoms with Crippen molar-refractivity contribution in [3.05, 3.63) is 29.8 Å². The van der Waals surface area contributed by atoms with Gasteiger partial charge < -0.3 is 20.1 Å². The van der Waals surface area contributed by atoms with Gasteiger partial charge >= 0.3 is 24.3 Å². The van der Waals surface area contributed by atoms with Crippen LogP contribution < -0.4 is 15.4 Å². The van der Waals surface area contributed by atoms with Crippen molar-refractivity contribution in [2.24, 2.45) is 0 Å². The minimum absolute atomic E-state index is 0.177. The number of benzene rings is 1. The molecule has 2 rings (SSSR count). The maximum Gasteiger partial charge on any atom is 0.434 e. The average Bonchev–Trinajstić information content (AvgIpc) is 2.65. The van der Waals surface area contributed by atoms with Crippen molar-refractivity contribution in [1.29, 1.82) is 0 Å². The largest absolute Gasteiger partial charge is 0.462 e. The van der Waals surface area contributed by atoms with Crippen molar-refractivity contribution >= 4 is 23.6 Å². The summed E-state index contributed by atoms with van der Waals surface area (Å²) < 4.78 is 85.0. The second-order valence-corrected chi connectivity index (χ2v) is 5.52. The first-order valence-corrected chi connectivity index (χ1v) is 8.22. The number of aromatic nitrogens is 3. The first-order valence-electron chi connectivity index (χ1n) is 8.22. The topological polar surface area (TPSA) is 98.3 Å². The van der Waals surface area contributed by atoms with Gasteiger partial charge in [0.2, 0.25) is 11.9 Å². The van der Waals surface area contributed by atoms with Crippen molar-refractivity contribution < 1.29 is 40.6 Å². The molecule has 0 fully saturated rings. The quantitative estimate of drug-likeness (QED) is 0.498.